The number of fused-ring (bicyclic) bond motifs is 4. The zero-order valence-corrected chi connectivity index (χ0v) is 19.3. The number of aliphatic hydroxyl groups is 1. The van der Waals surface area contributed by atoms with Crippen LogP contribution in [0.1, 0.15) is 52.5 Å². The van der Waals surface area contributed by atoms with Gasteiger partial charge in [0.25, 0.3) is 0 Å². The first-order valence-corrected chi connectivity index (χ1v) is 11.7. The van der Waals surface area contributed by atoms with E-state index in [0.29, 0.717) is 12.3 Å². The third kappa shape index (κ3) is 3.77. The molecule has 0 aromatic heterocycles. The van der Waals surface area contributed by atoms with Crippen LogP contribution in [0.3, 0.4) is 0 Å². The van der Waals surface area contributed by atoms with Crippen molar-refractivity contribution in [3.63, 3.8) is 0 Å². The van der Waals surface area contributed by atoms with Crippen molar-refractivity contribution >= 4 is 18.0 Å². The Morgan fingerprint density at radius 2 is 1.94 bits per heavy atom. The standard InChI is InChI=1S/C26H34O6/c1-16(2)26-14-20(30-22(29)15-27)25(4,32-26)19-12-10-17(3)23(19)24(26)31-21(28)13-11-18-8-6-5-7-9-18/h5-9,11,13,16-17,19-20,23-24,27H,10,12,14-15H2,1-4H3/b13-11+/t17-,19-,20-,23-,24+,25+,26-/m1/s1. The molecule has 2 saturated heterocycles. The van der Waals surface area contributed by atoms with Crippen LogP contribution in [-0.2, 0) is 23.8 Å². The van der Waals surface area contributed by atoms with Gasteiger partial charge in [-0.1, -0.05) is 51.1 Å². The van der Waals surface area contributed by atoms with Gasteiger partial charge >= 0.3 is 11.9 Å². The number of esters is 2. The third-order valence-electron chi connectivity index (χ3n) is 8.01. The fourth-order valence-corrected chi connectivity index (χ4v) is 6.33. The van der Waals surface area contributed by atoms with Gasteiger partial charge in [-0.05, 0) is 49.2 Å². The summed E-state index contributed by atoms with van der Waals surface area (Å²) in [7, 11) is 0. The normalized spacial score (nSPS) is 38.1. The van der Waals surface area contributed by atoms with E-state index in [1.165, 1.54) is 6.08 Å². The molecule has 6 nitrogen and oxygen atoms in total. The Labute approximate surface area is 189 Å². The molecule has 0 amide bonds. The summed E-state index contributed by atoms with van der Waals surface area (Å²) in [4.78, 5) is 24.9. The highest BCUT2D eigenvalue weighted by atomic mass is 16.6. The number of benzene rings is 1. The van der Waals surface area contributed by atoms with Crippen molar-refractivity contribution in [1.82, 2.24) is 0 Å². The van der Waals surface area contributed by atoms with Crippen LogP contribution in [0, 0.1) is 23.7 Å². The highest BCUT2D eigenvalue weighted by Gasteiger charge is 2.72. The highest BCUT2D eigenvalue weighted by Crippen LogP contribution is 2.63. The van der Waals surface area contributed by atoms with E-state index in [2.05, 4.69) is 20.8 Å². The summed E-state index contributed by atoms with van der Waals surface area (Å²) in [6.07, 6.45) is 4.72. The molecule has 1 saturated carbocycles. The molecular formula is C26H34O6. The Hall–Kier alpha value is -2.18. The maximum absolute atomic E-state index is 12.9. The molecule has 1 aromatic rings. The molecule has 2 aliphatic heterocycles. The summed E-state index contributed by atoms with van der Waals surface area (Å²) >= 11 is 0. The summed E-state index contributed by atoms with van der Waals surface area (Å²) < 4.78 is 18.6. The Balaban J connectivity index is 1.65. The van der Waals surface area contributed by atoms with E-state index >= 15 is 0 Å². The molecule has 0 unspecified atom stereocenters. The zero-order chi connectivity index (χ0) is 23.1. The van der Waals surface area contributed by atoms with Crippen LogP contribution in [0.4, 0.5) is 0 Å². The Morgan fingerprint density at radius 1 is 1.22 bits per heavy atom. The second-order valence-electron chi connectivity index (χ2n) is 10.1. The lowest BCUT2D eigenvalue weighted by Gasteiger charge is -2.52. The summed E-state index contributed by atoms with van der Waals surface area (Å²) in [5.74, 6) is -0.385. The maximum atomic E-state index is 12.9. The van der Waals surface area contributed by atoms with Gasteiger partial charge in [-0.25, -0.2) is 9.59 Å². The van der Waals surface area contributed by atoms with Crippen LogP contribution in [-0.4, -0.2) is 47.1 Å². The topological polar surface area (TPSA) is 82.1 Å². The monoisotopic (exact) mass is 442 g/mol. The highest BCUT2D eigenvalue weighted by molar-refractivity contribution is 5.87. The first-order valence-electron chi connectivity index (χ1n) is 11.7. The van der Waals surface area contributed by atoms with Gasteiger partial charge in [-0.15, -0.1) is 0 Å². The fourth-order valence-electron chi connectivity index (χ4n) is 6.33. The van der Waals surface area contributed by atoms with E-state index in [-0.39, 0.29) is 23.7 Å². The fraction of sp³-hybridized carbons (Fsp3) is 0.615. The van der Waals surface area contributed by atoms with E-state index in [4.69, 9.17) is 14.2 Å². The number of carbonyl (C=O) groups is 2. The molecule has 2 bridgehead atoms. The van der Waals surface area contributed by atoms with Gasteiger partial charge in [0.1, 0.15) is 30.0 Å². The van der Waals surface area contributed by atoms with E-state index in [1.54, 1.807) is 6.08 Å². The first kappa shape index (κ1) is 23.0. The average Bonchev–Trinajstić information content (AvgIpc) is 3.28. The van der Waals surface area contributed by atoms with Crippen LogP contribution in [0.15, 0.2) is 36.4 Å². The van der Waals surface area contributed by atoms with Crippen molar-refractivity contribution in [2.45, 2.75) is 70.4 Å². The lowest BCUT2D eigenvalue weighted by atomic mass is 9.69. The second kappa shape index (κ2) is 8.64. The molecule has 174 valence electrons. The van der Waals surface area contributed by atoms with Gasteiger partial charge in [0, 0.05) is 18.4 Å². The Morgan fingerprint density at radius 3 is 2.59 bits per heavy atom. The number of ether oxygens (including phenoxy) is 3. The predicted octanol–water partition coefficient (Wildman–Crippen LogP) is 3.77. The van der Waals surface area contributed by atoms with Gasteiger partial charge in [0.05, 0.1) is 0 Å². The summed E-state index contributed by atoms with van der Waals surface area (Å²) in [6, 6.07) is 9.64. The van der Waals surface area contributed by atoms with Gasteiger partial charge in [-0.3, -0.25) is 0 Å². The average molecular weight is 443 g/mol. The van der Waals surface area contributed by atoms with Crippen molar-refractivity contribution in [3.05, 3.63) is 42.0 Å². The van der Waals surface area contributed by atoms with E-state index < -0.39 is 36.0 Å². The lowest BCUT2D eigenvalue weighted by molar-refractivity contribution is -0.264. The molecule has 0 radical (unpaired) electrons. The first-order chi connectivity index (χ1) is 15.2. The summed E-state index contributed by atoms with van der Waals surface area (Å²) in [6.45, 7) is 7.71. The smallest absolute Gasteiger partial charge is 0.332 e. The minimum atomic E-state index is -0.745. The van der Waals surface area contributed by atoms with E-state index in [1.807, 2.05) is 37.3 Å². The number of aliphatic hydroxyl groups excluding tert-OH is 1. The second-order valence-corrected chi connectivity index (χ2v) is 10.1. The molecule has 3 fully saturated rings. The minimum absolute atomic E-state index is 0.0457. The molecule has 4 rings (SSSR count). The Kier molecular flexibility index (Phi) is 6.21. The molecule has 1 N–H and O–H groups in total. The molecule has 2 heterocycles. The van der Waals surface area contributed by atoms with Gasteiger partial charge < -0.3 is 19.3 Å². The molecule has 32 heavy (non-hydrogen) atoms. The number of hydrogen-bond acceptors (Lipinski definition) is 6. The molecule has 6 heteroatoms. The van der Waals surface area contributed by atoms with Crippen molar-refractivity contribution in [1.29, 1.82) is 0 Å². The number of rotatable bonds is 6. The predicted molar refractivity (Wildman–Crippen MR) is 119 cm³/mol. The molecule has 1 aromatic carbocycles. The van der Waals surface area contributed by atoms with Crippen molar-refractivity contribution in [3.8, 4) is 0 Å². The molecule has 7 atom stereocenters. The van der Waals surface area contributed by atoms with Crippen LogP contribution >= 0.6 is 0 Å². The third-order valence-corrected chi connectivity index (χ3v) is 8.01. The van der Waals surface area contributed by atoms with Gasteiger partial charge in [-0.2, -0.15) is 0 Å². The van der Waals surface area contributed by atoms with Crippen LogP contribution in [0.5, 0.6) is 0 Å². The molecule has 1 aliphatic carbocycles. The molecule has 3 aliphatic rings. The molecular weight excluding hydrogens is 408 g/mol. The lowest BCUT2D eigenvalue weighted by Crippen LogP contribution is -2.62. The van der Waals surface area contributed by atoms with Gasteiger partial charge in [0.15, 0.2) is 0 Å². The van der Waals surface area contributed by atoms with Crippen LogP contribution in [0.25, 0.3) is 6.08 Å². The van der Waals surface area contributed by atoms with Crippen LogP contribution < -0.4 is 0 Å². The number of carbonyl (C=O) groups excluding carboxylic acids is 2. The van der Waals surface area contributed by atoms with E-state index in [9.17, 15) is 14.7 Å². The Bertz CT molecular complexity index is 880. The van der Waals surface area contributed by atoms with Crippen molar-refractivity contribution in [2.24, 2.45) is 23.7 Å². The maximum Gasteiger partial charge on any atom is 0.332 e. The number of hydrogen-bond donors (Lipinski definition) is 1. The van der Waals surface area contributed by atoms with Crippen molar-refractivity contribution in [2.75, 3.05) is 6.61 Å². The molecule has 0 spiro atoms. The minimum Gasteiger partial charge on any atom is -0.457 e. The van der Waals surface area contributed by atoms with Crippen molar-refractivity contribution < 1.29 is 28.9 Å². The summed E-state index contributed by atoms with van der Waals surface area (Å²) in [5, 5.41) is 9.25. The summed E-state index contributed by atoms with van der Waals surface area (Å²) in [5.41, 5.74) is -0.474. The van der Waals surface area contributed by atoms with Gasteiger partial charge in [0.2, 0.25) is 0 Å². The van der Waals surface area contributed by atoms with E-state index in [0.717, 1.165) is 18.4 Å². The quantitative estimate of drug-likeness (QED) is 0.534. The largest absolute Gasteiger partial charge is 0.457 e. The van der Waals surface area contributed by atoms with Crippen LogP contribution in [0.2, 0.25) is 0 Å². The SMILES string of the molecule is CC(C)[C@@]12C[C@@H](OC(=O)CO)[C@@](C)(O1)[C@@H]1CC[C@@H](C)[C@H]1[C@@H]2OC(=O)/C=C/c1ccccc1. The zero-order valence-electron chi connectivity index (χ0n) is 19.3.